The van der Waals surface area contributed by atoms with Crippen LogP contribution in [0.2, 0.25) is 0 Å². The first-order chi connectivity index (χ1) is 12.8. The Bertz CT molecular complexity index is 1090. The van der Waals surface area contributed by atoms with Gasteiger partial charge in [-0.1, -0.05) is 5.16 Å². The van der Waals surface area contributed by atoms with Gasteiger partial charge in [-0.25, -0.2) is 4.98 Å². The Kier molecular flexibility index (Phi) is 3.49. The molecule has 0 atom stereocenters. The molecule has 1 aromatic carbocycles. The zero-order valence-electron chi connectivity index (χ0n) is 13.6. The summed E-state index contributed by atoms with van der Waals surface area (Å²) in [6, 6.07) is 9.32. The quantitative estimate of drug-likeness (QED) is 0.556. The molecule has 1 saturated heterocycles. The summed E-state index contributed by atoms with van der Waals surface area (Å²) in [6.45, 7) is 1.16. The van der Waals surface area contributed by atoms with Crippen LogP contribution in [-0.4, -0.2) is 44.0 Å². The molecule has 0 aliphatic carbocycles. The Hall–Kier alpha value is -3.13. The third-order valence-electron chi connectivity index (χ3n) is 4.46. The summed E-state index contributed by atoms with van der Waals surface area (Å²) in [5, 5.41) is 4.01. The summed E-state index contributed by atoms with van der Waals surface area (Å²) in [6.07, 6.45) is 3.39. The van der Waals surface area contributed by atoms with Crippen LogP contribution in [0.5, 0.6) is 0 Å². The van der Waals surface area contributed by atoms with E-state index in [1.807, 2.05) is 30.3 Å². The van der Waals surface area contributed by atoms with Crippen LogP contribution in [0.1, 0.15) is 22.2 Å². The van der Waals surface area contributed by atoms with Crippen molar-refractivity contribution in [3.8, 4) is 11.4 Å². The molecule has 1 fully saturated rings. The van der Waals surface area contributed by atoms with Crippen molar-refractivity contribution < 1.29 is 9.32 Å². The molecule has 0 radical (unpaired) electrons. The van der Waals surface area contributed by atoms with E-state index in [4.69, 9.17) is 4.52 Å². The second kappa shape index (κ2) is 5.99. The predicted molar refractivity (Wildman–Crippen MR) is 95.8 cm³/mol. The second-order valence-electron chi connectivity index (χ2n) is 6.14. The lowest BCUT2D eigenvalue weighted by molar-refractivity contribution is 0.0569. The second-order valence-corrected chi connectivity index (χ2v) is 7.03. The number of rotatable bonds is 3. The molecule has 4 heterocycles. The molecular weight excluding hydrogens is 350 g/mol. The van der Waals surface area contributed by atoms with Crippen molar-refractivity contribution >= 4 is 27.5 Å². The Morgan fingerprint density at radius 3 is 3.04 bits per heavy atom. The van der Waals surface area contributed by atoms with Gasteiger partial charge < -0.3 is 9.42 Å². The largest absolute Gasteiger partial charge is 0.339 e. The van der Waals surface area contributed by atoms with Crippen molar-refractivity contribution in [1.29, 1.82) is 0 Å². The Labute approximate surface area is 152 Å². The van der Waals surface area contributed by atoms with Gasteiger partial charge in [0.1, 0.15) is 0 Å². The fraction of sp³-hybridized carbons (Fsp3) is 0.167. The van der Waals surface area contributed by atoms with Gasteiger partial charge in [-0.3, -0.25) is 9.78 Å². The van der Waals surface area contributed by atoms with Gasteiger partial charge in [0, 0.05) is 36.6 Å². The van der Waals surface area contributed by atoms with Gasteiger partial charge in [-0.2, -0.15) is 4.98 Å². The van der Waals surface area contributed by atoms with Gasteiger partial charge >= 0.3 is 0 Å². The number of hydrogen-bond donors (Lipinski definition) is 0. The van der Waals surface area contributed by atoms with Crippen LogP contribution in [0.15, 0.2) is 52.8 Å². The van der Waals surface area contributed by atoms with Crippen molar-refractivity contribution in [1.82, 2.24) is 25.0 Å². The van der Waals surface area contributed by atoms with Crippen molar-refractivity contribution in [3.05, 3.63) is 59.7 Å². The molecular formula is C18H13N5O2S. The summed E-state index contributed by atoms with van der Waals surface area (Å²) < 4.78 is 6.39. The number of pyridine rings is 1. The molecule has 7 nitrogen and oxygen atoms in total. The lowest BCUT2D eigenvalue weighted by Gasteiger charge is -2.37. The minimum Gasteiger partial charge on any atom is -0.339 e. The number of carbonyl (C=O) groups is 1. The Morgan fingerprint density at radius 2 is 2.19 bits per heavy atom. The van der Waals surface area contributed by atoms with Crippen molar-refractivity contribution in [3.63, 3.8) is 0 Å². The average Bonchev–Trinajstić information content (AvgIpc) is 3.30. The fourth-order valence-corrected chi connectivity index (χ4v) is 3.70. The molecule has 4 aromatic rings. The van der Waals surface area contributed by atoms with E-state index in [2.05, 4.69) is 20.1 Å². The van der Waals surface area contributed by atoms with E-state index >= 15 is 0 Å². The van der Waals surface area contributed by atoms with Crippen LogP contribution in [0.4, 0.5) is 0 Å². The fourth-order valence-electron chi connectivity index (χ4n) is 2.98. The number of carbonyl (C=O) groups excluding carboxylic acids is 1. The topological polar surface area (TPSA) is 85.0 Å². The molecule has 0 spiro atoms. The lowest BCUT2D eigenvalue weighted by atomic mass is 9.98. The van der Waals surface area contributed by atoms with Crippen LogP contribution in [0.25, 0.3) is 21.6 Å². The average molecular weight is 363 g/mol. The number of hydrogen-bond acceptors (Lipinski definition) is 7. The van der Waals surface area contributed by atoms with Gasteiger partial charge in [-0.15, -0.1) is 11.3 Å². The zero-order valence-corrected chi connectivity index (χ0v) is 14.4. The lowest BCUT2D eigenvalue weighted by Crippen LogP contribution is -2.48. The third kappa shape index (κ3) is 2.55. The van der Waals surface area contributed by atoms with E-state index in [0.717, 1.165) is 15.8 Å². The number of aromatic nitrogens is 4. The van der Waals surface area contributed by atoms with Gasteiger partial charge in [0.2, 0.25) is 11.7 Å². The van der Waals surface area contributed by atoms with Crippen LogP contribution in [-0.2, 0) is 0 Å². The molecule has 8 heteroatoms. The molecule has 3 aromatic heterocycles. The van der Waals surface area contributed by atoms with Gasteiger partial charge in [-0.05, 0) is 30.3 Å². The first kappa shape index (κ1) is 15.2. The van der Waals surface area contributed by atoms with Crippen molar-refractivity contribution in [2.45, 2.75) is 5.92 Å². The minimum atomic E-state index is 0.0172. The maximum absolute atomic E-state index is 12.6. The monoisotopic (exact) mass is 363 g/mol. The van der Waals surface area contributed by atoms with Crippen molar-refractivity contribution in [2.75, 3.05) is 13.1 Å². The highest BCUT2D eigenvalue weighted by Crippen LogP contribution is 2.29. The van der Waals surface area contributed by atoms with Crippen LogP contribution in [0.3, 0.4) is 0 Å². The normalized spacial score (nSPS) is 14.5. The summed E-state index contributed by atoms with van der Waals surface area (Å²) in [5.74, 6) is 1.17. The van der Waals surface area contributed by atoms with Gasteiger partial charge in [0.15, 0.2) is 0 Å². The van der Waals surface area contributed by atoms with E-state index in [1.165, 1.54) is 11.3 Å². The molecule has 1 amide bonds. The Balaban J connectivity index is 1.28. The minimum absolute atomic E-state index is 0.0172. The highest BCUT2D eigenvalue weighted by atomic mass is 32.1. The standard InChI is InChI=1S/C18H13N5O2S/c24-18(11-3-4-14-15(6-11)26-10-20-14)23-8-13(9-23)17-21-16(22-25-17)12-2-1-5-19-7-12/h1-7,10,13H,8-9H2. The highest BCUT2D eigenvalue weighted by Gasteiger charge is 2.36. The molecule has 0 bridgehead atoms. The summed E-state index contributed by atoms with van der Waals surface area (Å²) in [4.78, 5) is 27.2. The maximum Gasteiger partial charge on any atom is 0.253 e. The summed E-state index contributed by atoms with van der Waals surface area (Å²) in [5.41, 5.74) is 4.20. The third-order valence-corrected chi connectivity index (χ3v) is 5.25. The van der Waals surface area contributed by atoms with Crippen LogP contribution < -0.4 is 0 Å². The molecule has 5 rings (SSSR count). The van der Waals surface area contributed by atoms with Crippen LogP contribution in [0, 0.1) is 0 Å². The van der Waals surface area contributed by atoms with Crippen LogP contribution >= 0.6 is 11.3 Å². The first-order valence-electron chi connectivity index (χ1n) is 8.14. The first-order valence-corrected chi connectivity index (χ1v) is 9.02. The smallest absolute Gasteiger partial charge is 0.253 e. The number of amides is 1. The van der Waals surface area contributed by atoms with Gasteiger partial charge in [0.25, 0.3) is 5.91 Å². The molecule has 26 heavy (non-hydrogen) atoms. The predicted octanol–water partition coefficient (Wildman–Crippen LogP) is 2.98. The molecule has 1 aliphatic heterocycles. The molecule has 0 N–H and O–H groups in total. The van der Waals surface area contributed by atoms with E-state index in [9.17, 15) is 4.79 Å². The number of nitrogens with zero attached hydrogens (tertiary/aromatic N) is 5. The number of benzene rings is 1. The van der Waals surface area contributed by atoms with Gasteiger partial charge in [0.05, 0.1) is 21.6 Å². The molecule has 0 saturated carbocycles. The van der Waals surface area contributed by atoms with E-state index < -0.39 is 0 Å². The van der Waals surface area contributed by atoms with E-state index in [0.29, 0.717) is 30.4 Å². The zero-order chi connectivity index (χ0) is 17.5. The van der Waals surface area contributed by atoms with Crippen molar-refractivity contribution in [2.24, 2.45) is 0 Å². The molecule has 128 valence electrons. The Morgan fingerprint density at radius 1 is 1.27 bits per heavy atom. The molecule has 0 unspecified atom stereocenters. The molecule has 1 aliphatic rings. The summed E-state index contributed by atoms with van der Waals surface area (Å²) in [7, 11) is 0. The highest BCUT2D eigenvalue weighted by molar-refractivity contribution is 7.16. The SMILES string of the molecule is O=C(c1ccc2ncsc2c1)N1CC(c2nc(-c3cccnc3)no2)C1. The van der Waals surface area contributed by atoms with E-state index in [-0.39, 0.29) is 11.8 Å². The number of fused-ring (bicyclic) bond motifs is 1. The summed E-state index contributed by atoms with van der Waals surface area (Å²) >= 11 is 1.53. The van der Waals surface area contributed by atoms with E-state index in [1.54, 1.807) is 22.8 Å². The number of likely N-dealkylation sites (tertiary alicyclic amines) is 1. The maximum atomic E-state index is 12.6. The number of thiazole rings is 1.